The van der Waals surface area contributed by atoms with Crippen molar-refractivity contribution in [2.45, 2.75) is 59.7 Å². The molecule has 0 bridgehead atoms. The van der Waals surface area contributed by atoms with Crippen LogP contribution in [-0.2, 0) is 11.3 Å². The highest BCUT2D eigenvalue weighted by molar-refractivity contribution is 5.69. The number of benzene rings is 2. The van der Waals surface area contributed by atoms with Gasteiger partial charge in [0.2, 0.25) is 0 Å². The summed E-state index contributed by atoms with van der Waals surface area (Å²) in [6, 6.07) is 16.6. The van der Waals surface area contributed by atoms with Crippen LogP contribution < -0.4 is 5.32 Å². The molecule has 0 aliphatic rings. The highest BCUT2D eigenvalue weighted by Gasteiger charge is 2.25. The summed E-state index contributed by atoms with van der Waals surface area (Å²) in [7, 11) is 0. The first-order valence-electron chi connectivity index (χ1n) is 9.59. The lowest BCUT2D eigenvalue weighted by Gasteiger charge is -2.31. The summed E-state index contributed by atoms with van der Waals surface area (Å²) in [4.78, 5) is 14.3. The maximum absolute atomic E-state index is 12.6. The van der Waals surface area contributed by atoms with E-state index in [-0.39, 0.29) is 12.1 Å². The summed E-state index contributed by atoms with van der Waals surface area (Å²) in [5, 5.41) is 3.51. The molecule has 2 rings (SSSR count). The molecule has 0 aliphatic carbocycles. The van der Waals surface area contributed by atoms with Crippen LogP contribution >= 0.6 is 0 Å². The molecule has 4 nitrogen and oxygen atoms in total. The van der Waals surface area contributed by atoms with Gasteiger partial charge in [0.25, 0.3) is 0 Å². The van der Waals surface area contributed by atoms with Crippen molar-refractivity contribution in [2.24, 2.45) is 0 Å². The molecule has 0 unspecified atom stereocenters. The van der Waals surface area contributed by atoms with Gasteiger partial charge in [-0.15, -0.1) is 0 Å². The molecule has 2 aromatic rings. The Morgan fingerprint density at radius 1 is 1.15 bits per heavy atom. The summed E-state index contributed by atoms with van der Waals surface area (Å²) in [5.74, 6) is 0. The second-order valence-electron chi connectivity index (χ2n) is 7.86. The third kappa shape index (κ3) is 6.02. The van der Waals surface area contributed by atoms with Crippen LogP contribution in [0.2, 0.25) is 0 Å². The van der Waals surface area contributed by atoms with Crippen LogP contribution in [0.4, 0.5) is 10.5 Å². The van der Waals surface area contributed by atoms with Crippen molar-refractivity contribution in [2.75, 3.05) is 11.9 Å². The molecule has 0 fully saturated rings. The third-order valence-electron chi connectivity index (χ3n) is 4.51. The standard InChI is InChI=1S/C23H32N2O2/c1-7-25(22(26)27-23(4,5)6)18(3)20-14-13-17(2)21(15-20)24-16-19-11-9-8-10-12-19/h8-15,18,24H,7,16H2,1-6H3/t18-/m0/s1. The lowest BCUT2D eigenvalue weighted by molar-refractivity contribution is 0.0186. The van der Waals surface area contributed by atoms with Crippen molar-refractivity contribution >= 4 is 11.8 Å². The predicted molar refractivity (Wildman–Crippen MR) is 112 cm³/mol. The predicted octanol–water partition coefficient (Wildman–Crippen LogP) is 5.93. The van der Waals surface area contributed by atoms with E-state index >= 15 is 0 Å². The van der Waals surface area contributed by atoms with Crippen LogP contribution in [-0.4, -0.2) is 23.1 Å². The molecule has 4 heteroatoms. The maximum atomic E-state index is 12.6. The number of aryl methyl sites for hydroxylation is 1. The second kappa shape index (κ2) is 8.94. The Morgan fingerprint density at radius 2 is 1.81 bits per heavy atom. The van der Waals surface area contributed by atoms with Crippen molar-refractivity contribution in [3.8, 4) is 0 Å². The van der Waals surface area contributed by atoms with E-state index in [2.05, 4.69) is 42.6 Å². The molecule has 0 aromatic heterocycles. The zero-order chi connectivity index (χ0) is 20.0. The Balaban J connectivity index is 2.15. The number of anilines is 1. The number of amides is 1. The molecule has 1 atom stereocenters. The summed E-state index contributed by atoms with van der Waals surface area (Å²) in [6.07, 6.45) is -0.281. The van der Waals surface area contributed by atoms with E-state index in [1.807, 2.05) is 52.8 Å². The minimum absolute atomic E-state index is 0.0669. The van der Waals surface area contributed by atoms with E-state index in [9.17, 15) is 4.79 Å². The first-order valence-corrected chi connectivity index (χ1v) is 9.59. The lowest BCUT2D eigenvalue weighted by Crippen LogP contribution is -2.38. The van der Waals surface area contributed by atoms with Crippen LogP contribution in [0, 0.1) is 6.92 Å². The molecule has 1 amide bonds. The Hall–Kier alpha value is -2.49. The van der Waals surface area contributed by atoms with Crippen LogP contribution in [0.25, 0.3) is 0 Å². The summed E-state index contributed by atoms with van der Waals surface area (Å²) < 4.78 is 5.56. The Labute approximate surface area is 163 Å². The van der Waals surface area contributed by atoms with E-state index in [1.54, 1.807) is 4.90 Å². The topological polar surface area (TPSA) is 41.6 Å². The van der Waals surface area contributed by atoms with Gasteiger partial charge in [0.1, 0.15) is 5.60 Å². The van der Waals surface area contributed by atoms with Crippen molar-refractivity contribution in [1.29, 1.82) is 0 Å². The number of hydrogen-bond donors (Lipinski definition) is 1. The Bertz CT molecular complexity index is 751. The number of nitrogens with zero attached hydrogens (tertiary/aromatic N) is 1. The second-order valence-corrected chi connectivity index (χ2v) is 7.86. The monoisotopic (exact) mass is 368 g/mol. The van der Waals surface area contributed by atoms with Gasteiger partial charge in [-0.25, -0.2) is 4.79 Å². The van der Waals surface area contributed by atoms with E-state index in [4.69, 9.17) is 4.74 Å². The molecule has 146 valence electrons. The fraction of sp³-hybridized carbons (Fsp3) is 0.435. The van der Waals surface area contributed by atoms with Gasteiger partial charge in [0, 0.05) is 18.8 Å². The minimum atomic E-state index is -0.500. The van der Waals surface area contributed by atoms with Gasteiger partial charge in [0.05, 0.1) is 6.04 Å². The summed E-state index contributed by atoms with van der Waals surface area (Å²) in [5.41, 5.74) is 4.09. The molecular weight excluding hydrogens is 336 g/mol. The number of carbonyl (C=O) groups excluding carboxylic acids is 1. The van der Waals surface area contributed by atoms with Gasteiger partial charge in [-0.3, -0.25) is 0 Å². The van der Waals surface area contributed by atoms with E-state index in [0.717, 1.165) is 17.8 Å². The smallest absolute Gasteiger partial charge is 0.410 e. The van der Waals surface area contributed by atoms with Crippen molar-refractivity contribution < 1.29 is 9.53 Å². The van der Waals surface area contributed by atoms with E-state index < -0.39 is 5.60 Å². The van der Waals surface area contributed by atoms with Gasteiger partial charge in [-0.05, 0) is 64.3 Å². The SMILES string of the molecule is CCN(C(=O)OC(C)(C)C)[C@@H](C)c1ccc(C)c(NCc2ccccc2)c1. The van der Waals surface area contributed by atoms with Crippen LogP contribution in [0.3, 0.4) is 0 Å². The zero-order valence-electron chi connectivity index (χ0n) is 17.4. The molecule has 0 spiro atoms. The van der Waals surface area contributed by atoms with Gasteiger partial charge in [0.15, 0.2) is 0 Å². The lowest BCUT2D eigenvalue weighted by atomic mass is 10.0. The van der Waals surface area contributed by atoms with Crippen molar-refractivity contribution in [1.82, 2.24) is 4.90 Å². The van der Waals surface area contributed by atoms with Crippen LogP contribution in [0.15, 0.2) is 48.5 Å². The highest BCUT2D eigenvalue weighted by atomic mass is 16.6. The molecule has 1 N–H and O–H groups in total. The fourth-order valence-electron chi connectivity index (χ4n) is 2.94. The number of nitrogens with one attached hydrogen (secondary N) is 1. The Morgan fingerprint density at radius 3 is 2.41 bits per heavy atom. The molecule has 0 radical (unpaired) electrons. The first kappa shape index (κ1) is 20.8. The van der Waals surface area contributed by atoms with Crippen LogP contribution in [0.5, 0.6) is 0 Å². The number of hydrogen-bond acceptors (Lipinski definition) is 3. The summed E-state index contributed by atoms with van der Waals surface area (Å²) >= 11 is 0. The third-order valence-corrected chi connectivity index (χ3v) is 4.51. The number of rotatable bonds is 6. The van der Waals surface area contributed by atoms with Gasteiger partial charge >= 0.3 is 6.09 Å². The summed E-state index contributed by atoms with van der Waals surface area (Å²) in [6.45, 7) is 13.1. The average Bonchev–Trinajstić information content (AvgIpc) is 2.61. The molecule has 27 heavy (non-hydrogen) atoms. The van der Waals surface area contributed by atoms with Crippen LogP contribution in [0.1, 0.15) is 57.4 Å². The largest absolute Gasteiger partial charge is 0.444 e. The van der Waals surface area contributed by atoms with Crippen molar-refractivity contribution in [3.63, 3.8) is 0 Å². The molecule has 0 saturated carbocycles. The quantitative estimate of drug-likeness (QED) is 0.687. The highest BCUT2D eigenvalue weighted by Crippen LogP contribution is 2.27. The van der Waals surface area contributed by atoms with Gasteiger partial charge in [-0.1, -0.05) is 42.5 Å². The Kier molecular flexibility index (Phi) is 6.89. The first-order chi connectivity index (χ1) is 12.7. The maximum Gasteiger partial charge on any atom is 0.410 e. The molecule has 2 aromatic carbocycles. The van der Waals surface area contributed by atoms with E-state index in [0.29, 0.717) is 6.54 Å². The fourth-order valence-corrected chi connectivity index (χ4v) is 2.94. The molecule has 0 saturated heterocycles. The van der Waals surface area contributed by atoms with Crippen molar-refractivity contribution in [3.05, 3.63) is 65.2 Å². The minimum Gasteiger partial charge on any atom is -0.444 e. The average molecular weight is 369 g/mol. The number of carbonyl (C=O) groups is 1. The molecular formula is C23H32N2O2. The molecule has 0 heterocycles. The number of ether oxygens (including phenoxy) is 1. The molecule has 0 aliphatic heterocycles. The zero-order valence-corrected chi connectivity index (χ0v) is 17.4. The normalized spacial score (nSPS) is 12.4. The van der Waals surface area contributed by atoms with Gasteiger partial charge < -0.3 is 15.0 Å². The van der Waals surface area contributed by atoms with E-state index in [1.165, 1.54) is 11.1 Å². The van der Waals surface area contributed by atoms with Gasteiger partial charge in [-0.2, -0.15) is 0 Å².